The number of imidazole rings is 1. The summed E-state index contributed by atoms with van der Waals surface area (Å²) in [6, 6.07) is 10.3. The number of hydrogen-bond acceptors (Lipinski definition) is 7. The number of anilines is 3. The molecule has 1 aliphatic heterocycles. The van der Waals surface area contributed by atoms with Crippen LogP contribution in [0.3, 0.4) is 0 Å². The molecule has 0 saturated carbocycles. The van der Waals surface area contributed by atoms with Crippen LogP contribution < -0.4 is 15.0 Å². The number of nitrogens with zero attached hydrogens (tertiary/aromatic N) is 5. The van der Waals surface area contributed by atoms with Gasteiger partial charge >= 0.3 is 0 Å². The lowest BCUT2D eigenvalue weighted by molar-refractivity contribution is 0.242. The molecular formula is C28H34N6O2. The fourth-order valence-electron chi connectivity index (χ4n) is 4.82. The number of rotatable bonds is 7. The minimum Gasteiger partial charge on any atom is -0.491 e. The number of benzene rings is 2. The largest absolute Gasteiger partial charge is 0.491 e. The number of aliphatic hydroxyl groups excluding tert-OH is 1. The third-order valence-electron chi connectivity index (χ3n) is 6.91. The highest BCUT2D eigenvalue weighted by atomic mass is 16.5. The van der Waals surface area contributed by atoms with E-state index in [1.807, 2.05) is 42.8 Å². The second kappa shape index (κ2) is 9.78. The van der Waals surface area contributed by atoms with Crippen LogP contribution in [0.15, 0.2) is 42.9 Å². The van der Waals surface area contributed by atoms with Gasteiger partial charge in [0.05, 0.1) is 30.5 Å². The zero-order chi connectivity index (χ0) is 25.4. The Morgan fingerprint density at radius 1 is 1.11 bits per heavy atom. The summed E-state index contributed by atoms with van der Waals surface area (Å²) in [5.41, 5.74) is 5.65. The van der Waals surface area contributed by atoms with E-state index in [9.17, 15) is 5.11 Å². The van der Waals surface area contributed by atoms with E-state index in [4.69, 9.17) is 14.7 Å². The number of fused-ring (bicyclic) bond motifs is 1. The highest BCUT2D eigenvalue weighted by molar-refractivity contribution is 5.92. The highest BCUT2D eigenvalue weighted by Crippen LogP contribution is 2.33. The highest BCUT2D eigenvalue weighted by Gasteiger charge is 2.27. The van der Waals surface area contributed by atoms with Crippen molar-refractivity contribution < 1.29 is 9.84 Å². The maximum absolute atomic E-state index is 9.95. The number of ether oxygens (including phenoxy) is 1. The fourth-order valence-corrected chi connectivity index (χ4v) is 4.82. The monoisotopic (exact) mass is 486 g/mol. The second-order valence-corrected chi connectivity index (χ2v) is 9.88. The Hall–Kier alpha value is -3.65. The van der Waals surface area contributed by atoms with Crippen LogP contribution in [0.1, 0.15) is 43.4 Å². The molecular weight excluding hydrogens is 452 g/mol. The molecule has 1 fully saturated rings. The Labute approximate surface area is 212 Å². The average molecular weight is 487 g/mol. The van der Waals surface area contributed by atoms with Crippen LogP contribution in [0.4, 0.5) is 17.6 Å². The number of hydrogen-bond donors (Lipinski definition) is 2. The van der Waals surface area contributed by atoms with Gasteiger partial charge in [0.15, 0.2) is 5.82 Å². The number of aromatic nitrogens is 4. The lowest BCUT2D eigenvalue weighted by Gasteiger charge is -2.26. The molecule has 1 atom stereocenters. The predicted octanol–water partition coefficient (Wildman–Crippen LogP) is 5.23. The quantitative estimate of drug-likeness (QED) is 0.370. The molecule has 3 heterocycles. The van der Waals surface area contributed by atoms with Crippen molar-refractivity contribution >= 4 is 28.5 Å². The summed E-state index contributed by atoms with van der Waals surface area (Å²) in [6.45, 7) is 11.4. The number of nitrogens with one attached hydrogen (secondary N) is 1. The van der Waals surface area contributed by atoms with Crippen molar-refractivity contribution in [2.45, 2.75) is 59.6 Å². The molecule has 4 aromatic rings. The van der Waals surface area contributed by atoms with Gasteiger partial charge in [0.1, 0.15) is 17.9 Å². The summed E-state index contributed by atoms with van der Waals surface area (Å²) in [6.07, 6.45) is 5.77. The van der Waals surface area contributed by atoms with E-state index in [-0.39, 0.29) is 18.8 Å². The molecule has 1 saturated heterocycles. The minimum absolute atomic E-state index is 0.0507. The first-order valence-corrected chi connectivity index (χ1v) is 12.6. The molecule has 0 radical (unpaired) electrons. The molecule has 5 rings (SSSR count). The molecule has 8 heteroatoms. The summed E-state index contributed by atoms with van der Waals surface area (Å²) in [7, 11) is 0. The van der Waals surface area contributed by atoms with Crippen molar-refractivity contribution in [1.82, 2.24) is 19.5 Å². The van der Waals surface area contributed by atoms with Crippen LogP contribution in [0.25, 0.3) is 16.6 Å². The summed E-state index contributed by atoms with van der Waals surface area (Å²) in [5.74, 6) is 2.71. The van der Waals surface area contributed by atoms with Crippen LogP contribution in [0, 0.1) is 20.8 Å². The van der Waals surface area contributed by atoms with Crippen molar-refractivity contribution in [3.8, 4) is 11.4 Å². The molecule has 0 aliphatic carbocycles. The average Bonchev–Trinajstić information content (AvgIpc) is 3.50. The predicted molar refractivity (Wildman–Crippen MR) is 144 cm³/mol. The molecule has 0 bridgehead atoms. The third-order valence-corrected chi connectivity index (χ3v) is 6.91. The molecule has 2 aromatic heterocycles. The lowest BCUT2D eigenvalue weighted by Crippen LogP contribution is -2.33. The number of aryl methyl sites for hydroxylation is 2. The van der Waals surface area contributed by atoms with E-state index in [2.05, 4.69) is 48.1 Å². The van der Waals surface area contributed by atoms with E-state index < -0.39 is 0 Å². The molecule has 0 spiro atoms. The maximum Gasteiger partial charge on any atom is 0.230 e. The Bertz CT molecular complexity index is 1370. The lowest BCUT2D eigenvalue weighted by atomic mass is 10.0. The molecule has 2 aromatic carbocycles. The Morgan fingerprint density at radius 3 is 2.61 bits per heavy atom. The molecule has 2 N–H and O–H groups in total. The first kappa shape index (κ1) is 24.1. The molecule has 36 heavy (non-hydrogen) atoms. The molecule has 0 amide bonds. The Morgan fingerprint density at radius 2 is 1.89 bits per heavy atom. The third kappa shape index (κ3) is 4.73. The van der Waals surface area contributed by atoms with Crippen LogP contribution >= 0.6 is 0 Å². The van der Waals surface area contributed by atoms with Gasteiger partial charge in [-0.2, -0.15) is 4.98 Å². The summed E-state index contributed by atoms with van der Waals surface area (Å²) >= 11 is 0. The molecule has 8 nitrogen and oxygen atoms in total. The van der Waals surface area contributed by atoms with Gasteiger partial charge in [0.2, 0.25) is 5.95 Å². The van der Waals surface area contributed by atoms with Gasteiger partial charge in [-0.1, -0.05) is 0 Å². The van der Waals surface area contributed by atoms with E-state index in [0.29, 0.717) is 11.8 Å². The summed E-state index contributed by atoms with van der Waals surface area (Å²) in [5, 5.41) is 14.2. The van der Waals surface area contributed by atoms with Crippen LogP contribution in [0.5, 0.6) is 5.75 Å². The fraction of sp³-hybridized carbons (Fsp3) is 0.393. The zero-order valence-electron chi connectivity index (χ0n) is 21.6. The first-order valence-electron chi connectivity index (χ1n) is 12.6. The van der Waals surface area contributed by atoms with Gasteiger partial charge in [0, 0.05) is 23.7 Å². The normalized spacial score (nSPS) is 15.8. The van der Waals surface area contributed by atoms with E-state index in [1.54, 1.807) is 6.33 Å². The summed E-state index contributed by atoms with van der Waals surface area (Å²) in [4.78, 5) is 16.4. The van der Waals surface area contributed by atoms with Crippen molar-refractivity contribution in [2.75, 3.05) is 23.4 Å². The SMILES string of the molecule is Cc1cc(-n2cnc(Nc3nc(N4CCC[C@H]4CO)c4ccc(OC(C)C)cc4n3)c2)cc(C)c1C. The Kier molecular flexibility index (Phi) is 6.53. The standard InChI is InChI=1S/C28H34N6O2/c1-17(2)36-23-8-9-24-25(13-23)30-28(32-27(24)34-10-6-7-21(34)15-35)31-26-14-33(16-29-26)22-11-18(3)20(5)19(4)12-22/h8-9,11-14,16-17,21,35H,6-7,10,15H2,1-5H3,(H,30,31,32)/t21-/m0/s1. The van der Waals surface area contributed by atoms with Crippen molar-refractivity contribution in [1.29, 1.82) is 0 Å². The molecule has 1 aliphatic rings. The minimum atomic E-state index is 0.0507. The smallest absolute Gasteiger partial charge is 0.230 e. The Balaban J connectivity index is 1.52. The van der Waals surface area contributed by atoms with Crippen LogP contribution in [-0.2, 0) is 0 Å². The van der Waals surface area contributed by atoms with E-state index in [0.717, 1.165) is 47.5 Å². The van der Waals surface area contributed by atoms with Gasteiger partial charge in [-0.25, -0.2) is 9.97 Å². The van der Waals surface area contributed by atoms with Crippen LogP contribution in [-0.4, -0.2) is 49.9 Å². The zero-order valence-corrected chi connectivity index (χ0v) is 21.6. The van der Waals surface area contributed by atoms with E-state index in [1.165, 1.54) is 16.7 Å². The van der Waals surface area contributed by atoms with Gasteiger partial charge in [-0.05, 0) is 88.4 Å². The topological polar surface area (TPSA) is 88.3 Å². The van der Waals surface area contributed by atoms with Gasteiger partial charge < -0.3 is 24.6 Å². The van der Waals surface area contributed by atoms with Crippen molar-refractivity contribution in [2.24, 2.45) is 0 Å². The maximum atomic E-state index is 9.95. The van der Waals surface area contributed by atoms with Crippen molar-refractivity contribution in [3.63, 3.8) is 0 Å². The first-order chi connectivity index (χ1) is 17.3. The van der Waals surface area contributed by atoms with Crippen LogP contribution in [0.2, 0.25) is 0 Å². The second-order valence-electron chi connectivity index (χ2n) is 9.88. The van der Waals surface area contributed by atoms with Crippen molar-refractivity contribution in [3.05, 3.63) is 59.5 Å². The molecule has 188 valence electrons. The molecule has 0 unspecified atom stereocenters. The van der Waals surface area contributed by atoms with Gasteiger partial charge in [0.25, 0.3) is 0 Å². The summed E-state index contributed by atoms with van der Waals surface area (Å²) < 4.78 is 7.92. The van der Waals surface area contributed by atoms with E-state index >= 15 is 0 Å². The number of aliphatic hydroxyl groups is 1. The van der Waals surface area contributed by atoms with Gasteiger partial charge in [-0.15, -0.1) is 0 Å². The van der Waals surface area contributed by atoms with Gasteiger partial charge in [-0.3, -0.25) is 0 Å².